The van der Waals surface area contributed by atoms with Crippen molar-refractivity contribution in [3.63, 3.8) is 0 Å². The summed E-state index contributed by atoms with van der Waals surface area (Å²) >= 11 is 3.68. The summed E-state index contributed by atoms with van der Waals surface area (Å²) in [5.74, 6) is -2.24. The van der Waals surface area contributed by atoms with Gasteiger partial charge >= 0.3 is 22.7 Å². The van der Waals surface area contributed by atoms with Crippen LogP contribution in [0.25, 0.3) is 0 Å². The Kier molecular flexibility index (Phi) is 17.0. The smallest absolute Gasteiger partial charge is 0.355 e. The summed E-state index contributed by atoms with van der Waals surface area (Å²) < 4.78 is 18.1. The van der Waals surface area contributed by atoms with Crippen LogP contribution in [0.15, 0.2) is 153 Å². The van der Waals surface area contributed by atoms with Crippen LogP contribution in [0.5, 0.6) is 11.6 Å². The standard InChI is InChI=1S/C53H53N7O10S3.ClH/c1-51(2,3)69-48(66)52(4,5)70-58-41(38-31-72-49(54-38)57-53(34-17-11-8-12-18-34,35-19-13-9-14-20-35)36-21-15-10-16-22-36)44(63)56-42-45(64)60-43(47(65)68-28-32-23-25-37(67-7)26-24-32)33(29-71-46(42)60)30-73-50-55-39(61)27-40(62)59(50)6;/h8-27,31,42,46H,28-30H2,1-7H3,(H3,54,56,57,61,62,63);1H/b58-41-;. The highest BCUT2D eigenvalue weighted by atomic mass is 35.5. The van der Waals surface area contributed by atoms with Crippen molar-refractivity contribution >= 4 is 69.5 Å². The zero-order valence-corrected chi connectivity index (χ0v) is 44.6. The number of ether oxygens (including phenoxy) is 3. The van der Waals surface area contributed by atoms with E-state index < -0.39 is 57.5 Å². The summed E-state index contributed by atoms with van der Waals surface area (Å²) in [6, 6.07) is 36.6. The third-order valence-electron chi connectivity index (χ3n) is 11.7. The van der Waals surface area contributed by atoms with E-state index in [1.54, 1.807) is 64.6 Å². The highest BCUT2D eigenvalue weighted by Crippen LogP contribution is 2.43. The van der Waals surface area contributed by atoms with E-state index in [4.69, 9.17) is 24.0 Å². The fourth-order valence-corrected chi connectivity index (χ4v) is 11.2. The van der Waals surface area contributed by atoms with E-state index in [2.05, 4.69) is 20.8 Å². The second-order valence-corrected chi connectivity index (χ2v) is 21.4. The molecular weight excluding hydrogens is 1030 g/mol. The van der Waals surface area contributed by atoms with Crippen molar-refractivity contribution in [1.82, 2.24) is 20.2 Å². The number of anilines is 1. The molecule has 1 fully saturated rings. The molecule has 8 rings (SSSR count). The topological polar surface area (TPSA) is 215 Å². The van der Waals surface area contributed by atoms with Gasteiger partial charge in [0.05, 0.1) is 14.2 Å². The van der Waals surface area contributed by atoms with Crippen molar-refractivity contribution in [3.05, 3.63) is 176 Å². The Morgan fingerprint density at radius 3 is 2.07 bits per heavy atom. The normalized spacial score (nSPS) is 15.7. The number of hydrogen-bond donors (Lipinski definition) is 4. The monoisotopic (exact) mass is 1080 g/mol. The van der Waals surface area contributed by atoms with Crippen LogP contribution in [0, 0.1) is 0 Å². The lowest BCUT2D eigenvalue weighted by molar-refractivity contribution is -0.718. The fraction of sp³-hybridized carbons (Fsp3) is 0.283. The van der Waals surface area contributed by atoms with Crippen molar-refractivity contribution in [1.29, 1.82) is 0 Å². The maximum atomic E-state index is 14.7. The van der Waals surface area contributed by atoms with Gasteiger partial charge in [0, 0.05) is 16.9 Å². The fourth-order valence-electron chi connectivity index (χ4n) is 7.95. The minimum absolute atomic E-state index is 0. The van der Waals surface area contributed by atoms with E-state index in [0.717, 1.165) is 34.5 Å². The lowest BCUT2D eigenvalue weighted by atomic mass is 9.77. The number of β-lactam (4-membered cyclic amide) rings is 1. The molecule has 0 bridgehead atoms. The lowest BCUT2D eigenvalue weighted by Crippen LogP contribution is -3.00. The predicted molar refractivity (Wildman–Crippen MR) is 278 cm³/mol. The van der Waals surface area contributed by atoms with Crippen molar-refractivity contribution < 1.29 is 60.3 Å². The van der Waals surface area contributed by atoms with E-state index in [0.29, 0.717) is 27.2 Å². The van der Waals surface area contributed by atoms with E-state index in [9.17, 15) is 29.1 Å². The number of nitrogens with one attached hydrogen (secondary N) is 3. The second-order valence-electron chi connectivity index (χ2n) is 18.4. The van der Waals surface area contributed by atoms with Gasteiger partial charge in [-0.05, 0) is 86.3 Å². The number of aromatic hydroxyl groups is 1. The average Bonchev–Trinajstić information content (AvgIpc) is 3.85. The number of amides is 2. The van der Waals surface area contributed by atoms with Crippen molar-refractivity contribution in [2.24, 2.45) is 12.2 Å². The molecule has 74 heavy (non-hydrogen) atoms. The molecule has 0 spiro atoms. The van der Waals surface area contributed by atoms with Crippen LogP contribution < -0.4 is 37.9 Å². The molecule has 2 unspecified atom stereocenters. The van der Waals surface area contributed by atoms with Crippen LogP contribution >= 0.6 is 34.9 Å². The SMILES string of the molecule is COc1ccc(COC(=O)C2=C(CSc3[nH]c(=O)cc(O)[n+]3C)CSC3C(NC(=O)/C(=N\OC(C)(C)C(=O)OC(C)(C)C)c4csc(NC(c5ccccc5)(c5ccccc5)c5ccccc5)n4)C(=O)N23)cc1.[Cl-]. The molecule has 0 aliphatic carbocycles. The number of halogens is 1. The number of benzene rings is 4. The van der Waals surface area contributed by atoms with Gasteiger partial charge in [-0.2, -0.15) is 4.57 Å². The van der Waals surface area contributed by atoms with Crippen molar-refractivity contribution in [2.45, 2.75) is 74.5 Å². The van der Waals surface area contributed by atoms with Gasteiger partial charge in [0.1, 0.15) is 52.4 Å². The molecule has 0 radical (unpaired) electrons. The largest absolute Gasteiger partial charge is 1.00 e. The number of oxime groups is 1. The minimum Gasteiger partial charge on any atom is -1.00 e. The molecule has 2 amide bonds. The minimum atomic E-state index is -1.68. The number of aromatic amines is 1. The summed E-state index contributed by atoms with van der Waals surface area (Å²) in [5, 5.41) is 22.7. The molecule has 2 atom stereocenters. The molecule has 6 aromatic rings. The number of esters is 2. The van der Waals surface area contributed by atoms with Crippen LogP contribution in [-0.4, -0.2) is 90.7 Å². The Hall–Kier alpha value is -7.13. The van der Waals surface area contributed by atoms with E-state index >= 15 is 0 Å². The number of fused-ring (bicyclic) bond motifs is 1. The Labute approximate surface area is 446 Å². The van der Waals surface area contributed by atoms with Gasteiger partial charge in [-0.3, -0.25) is 14.5 Å². The van der Waals surface area contributed by atoms with E-state index in [1.807, 2.05) is 91.0 Å². The first-order valence-corrected chi connectivity index (χ1v) is 25.9. The molecule has 1 saturated heterocycles. The highest BCUT2D eigenvalue weighted by molar-refractivity contribution is 8.01. The summed E-state index contributed by atoms with van der Waals surface area (Å²) in [7, 11) is 3.11. The average molecular weight is 1080 g/mol. The van der Waals surface area contributed by atoms with Crippen molar-refractivity contribution in [2.75, 3.05) is 23.9 Å². The number of hydrogen-bond acceptors (Lipinski definition) is 16. The number of thioether (sulfide) groups is 2. The summed E-state index contributed by atoms with van der Waals surface area (Å²) in [4.78, 5) is 83.7. The Morgan fingerprint density at radius 1 is 0.905 bits per heavy atom. The number of carbonyl (C=O) groups is 4. The lowest BCUT2D eigenvalue weighted by Gasteiger charge is -2.49. The molecule has 2 aliphatic rings. The number of thiazole rings is 1. The van der Waals surface area contributed by atoms with Gasteiger partial charge in [-0.25, -0.2) is 24.4 Å². The summed E-state index contributed by atoms with van der Waals surface area (Å²) in [6.07, 6.45) is 0. The van der Waals surface area contributed by atoms with E-state index in [-0.39, 0.29) is 53.5 Å². The number of carbonyl (C=O) groups excluding carboxylic acids is 4. The third kappa shape index (κ3) is 11.9. The maximum Gasteiger partial charge on any atom is 0.355 e. The summed E-state index contributed by atoms with van der Waals surface area (Å²) in [6.45, 7) is 7.96. The maximum absolute atomic E-state index is 14.7. The number of nitrogens with zero attached hydrogens (tertiary/aromatic N) is 4. The zero-order chi connectivity index (χ0) is 52.1. The Morgan fingerprint density at radius 2 is 1.50 bits per heavy atom. The number of rotatable bonds is 18. The van der Waals surface area contributed by atoms with Gasteiger partial charge in [-0.15, -0.1) is 23.1 Å². The first kappa shape index (κ1) is 54.6. The van der Waals surface area contributed by atoms with Gasteiger partial charge in [0.2, 0.25) is 5.60 Å². The predicted octanol–water partition coefficient (Wildman–Crippen LogP) is 3.81. The van der Waals surface area contributed by atoms with Gasteiger partial charge in [0.15, 0.2) is 10.8 Å². The molecule has 2 aliphatic heterocycles. The molecular formula is C53H54ClN7O10S3. The molecule has 4 heterocycles. The first-order chi connectivity index (χ1) is 34.9. The van der Waals surface area contributed by atoms with Crippen LogP contribution in [0.3, 0.4) is 0 Å². The number of methoxy groups -OCH3 is 1. The van der Waals surface area contributed by atoms with Crippen LogP contribution in [-0.2, 0) is 52.7 Å². The zero-order valence-electron chi connectivity index (χ0n) is 41.4. The van der Waals surface area contributed by atoms with Gasteiger partial charge in [0.25, 0.3) is 17.7 Å². The van der Waals surface area contributed by atoms with Crippen LogP contribution in [0.2, 0.25) is 0 Å². The molecule has 17 nitrogen and oxygen atoms in total. The summed E-state index contributed by atoms with van der Waals surface area (Å²) in [5.41, 5.74) is -0.343. The number of aromatic nitrogens is 3. The quantitative estimate of drug-likeness (QED) is 0.0141. The molecule has 2 aromatic heterocycles. The Bertz CT molecular complexity index is 3030. The molecule has 21 heteroatoms. The first-order valence-electron chi connectivity index (χ1n) is 23.0. The Balaban J connectivity index is 0.00000800. The molecule has 4 N–H and O–H groups in total. The van der Waals surface area contributed by atoms with E-state index in [1.165, 1.54) is 46.4 Å². The molecule has 386 valence electrons. The van der Waals surface area contributed by atoms with Gasteiger partial charge in [-0.1, -0.05) is 108 Å². The van der Waals surface area contributed by atoms with Crippen molar-refractivity contribution in [3.8, 4) is 11.6 Å². The van der Waals surface area contributed by atoms with Crippen LogP contribution in [0.4, 0.5) is 5.13 Å². The molecule has 0 saturated carbocycles. The third-order valence-corrected chi connectivity index (χ3v) is 14.9. The second kappa shape index (κ2) is 23.0. The van der Waals surface area contributed by atoms with Gasteiger partial charge < -0.3 is 47.2 Å². The highest BCUT2D eigenvalue weighted by Gasteiger charge is 2.55. The number of H-pyrrole nitrogens is 1. The molecule has 4 aromatic carbocycles. The van der Waals surface area contributed by atoms with Crippen LogP contribution in [0.1, 0.15) is 62.6 Å².